The van der Waals surface area contributed by atoms with E-state index in [0.29, 0.717) is 5.75 Å². The number of hydrogen-bond acceptors (Lipinski definition) is 1. The monoisotopic (exact) mass is 288 g/mol. The van der Waals surface area contributed by atoms with Gasteiger partial charge in [0, 0.05) is 0 Å². The quantitative estimate of drug-likeness (QED) is 0.509. The third kappa shape index (κ3) is 7.36. The molecule has 0 atom stereocenters. The summed E-state index contributed by atoms with van der Waals surface area (Å²) in [6.45, 7) is 6.37. The summed E-state index contributed by atoms with van der Waals surface area (Å²) in [5.41, 5.74) is 3.75. The van der Waals surface area contributed by atoms with Crippen LogP contribution in [0.5, 0.6) is 5.75 Å². The van der Waals surface area contributed by atoms with Crippen LogP contribution in [-0.2, 0) is 6.42 Å². The molecule has 21 heavy (non-hydrogen) atoms. The van der Waals surface area contributed by atoms with Gasteiger partial charge < -0.3 is 5.11 Å². The second-order valence-corrected chi connectivity index (χ2v) is 6.11. The summed E-state index contributed by atoms with van der Waals surface area (Å²) < 4.78 is 0. The highest BCUT2D eigenvalue weighted by Gasteiger charge is 2.05. The summed E-state index contributed by atoms with van der Waals surface area (Å²) in [6, 6.07) is 5.96. The number of aromatic hydroxyl groups is 1. The lowest BCUT2D eigenvalue weighted by Crippen LogP contribution is -1.87. The molecular formula is C20H32O. The van der Waals surface area contributed by atoms with Gasteiger partial charge in [-0.05, 0) is 56.2 Å². The molecule has 1 nitrogen and oxygen atoms in total. The van der Waals surface area contributed by atoms with Gasteiger partial charge in [0.05, 0.1) is 0 Å². The zero-order valence-electron chi connectivity index (χ0n) is 14.1. The topological polar surface area (TPSA) is 20.2 Å². The highest BCUT2D eigenvalue weighted by Crippen LogP contribution is 2.24. The highest BCUT2D eigenvalue weighted by atomic mass is 16.3. The van der Waals surface area contributed by atoms with Crippen molar-refractivity contribution in [3.63, 3.8) is 0 Å². The van der Waals surface area contributed by atoms with Crippen LogP contribution in [0.4, 0.5) is 0 Å². The molecule has 0 radical (unpaired) electrons. The number of unbranched alkanes of at least 4 members (excludes halogenated alkanes) is 1. The molecule has 0 saturated heterocycles. The van der Waals surface area contributed by atoms with Crippen LogP contribution in [-0.4, -0.2) is 5.11 Å². The molecule has 0 aliphatic heterocycles. The number of phenolic OH excluding ortho intramolecular Hbond substituents is 1. The zero-order chi connectivity index (χ0) is 15.5. The molecule has 1 heteroatoms. The zero-order valence-corrected chi connectivity index (χ0v) is 14.1. The number of aryl methyl sites for hydroxylation is 1. The molecule has 2 rings (SSSR count). The van der Waals surface area contributed by atoms with Crippen molar-refractivity contribution < 1.29 is 5.11 Å². The molecule has 1 aliphatic rings. The van der Waals surface area contributed by atoms with E-state index >= 15 is 0 Å². The van der Waals surface area contributed by atoms with Crippen LogP contribution in [0.3, 0.4) is 0 Å². The van der Waals surface area contributed by atoms with E-state index in [-0.39, 0.29) is 0 Å². The summed E-state index contributed by atoms with van der Waals surface area (Å²) in [5, 5.41) is 9.85. The van der Waals surface area contributed by atoms with Crippen LogP contribution >= 0.6 is 0 Å². The fourth-order valence-corrected chi connectivity index (χ4v) is 2.49. The van der Waals surface area contributed by atoms with Crippen LogP contribution in [0, 0.1) is 6.92 Å². The summed E-state index contributed by atoms with van der Waals surface area (Å²) in [7, 11) is 0. The normalized spacial score (nSPS) is 14.9. The first kappa shape index (κ1) is 17.8. The largest absolute Gasteiger partial charge is 0.508 e. The molecule has 0 spiro atoms. The average molecular weight is 288 g/mol. The van der Waals surface area contributed by atoms with E-state index in [9.17, 15) is 5.11 Å². The molecule has 1 aromatic carbocycles. The lowest BCUT2D eigenvalue weighted by atomic mass is 10.0. The minimum Gasteiger partial charge on any atom is -0.508 e. The van der Waals surface area contributed by atoms with Crippen molar-refractivity contribution in [2.45, 2.75) is 78.6 Å². The summed E-state index contributed by atoms with van der Waals surface area (Å²) in [4.78, 5) is 0. The van der Waals surface area contributed by atoms with Crippen LogP contribution in [0.1, 0.15) is 76.3 Å². The molecular weight excluding hydrogens is 256 g/mol. The first-order valence-corrected chi connectivity index (χ1v) is 8.63. The Kier molecular flexibility index (Phi) is 8.89. The van der Waals surface area contributed by atoms with Gasteiger partial charge >= 0.3 is 0 Å². The molecule has 118 valence electrons. The second-order valence-electron chi connectivity index (χ2n) is 6.11. The molecule has 1 aromatic rings. The first-order valence-electron chi connectivity index (χ1n) is 8.63. The number of rotatable bonds is 3. The Hall–Kier alpha value is -1.24. The van der Waals surface area contributed by atoms with Crippen molar-refractivity contribution in [3.8, 4) is 5.75 Å². The van der Waals surface area contributed by atoms with Gasteiger partial charge in [0.25, 0.3) is 0 Å². The van der Waals surface area contributed by atoms with Gasteiger partial charge in [0.2, 0.25) is 0 Å². The van der Waals surface area contributed by atoms with E-state index in [4.69, 9.17) is 0 Å². The molecule has 1 saturated carbocycles. The van der Waals surface area contributed by atoms with Gasteiger partial charge in [-0.3, -0.25) is 0 Å². The standard InChI is InChI=1S/C16H22O.C4H10/c1-13-8-10-15(16(17)12-13)11-9-14-6-4-2-3-5-7-14;1-3-4-2/h8-10,12,17H,2-7,11H2,1H3;3-4H2,1-2H3. The van der Waals surface area contributed by atoms with Gasteiger partial charge in [0.15, 0.2) is 0 Å². The van der Waals surface area contributed by atoms with Crippen molar-refractivity contribution in [1.82, 2.24) is 0 Å². The Labute approximate surface area is 131 Å². The molecule has 0 bridgehead atoms. The fourth-order valence-electron chi connectivity index (χ4n) is 2.49. The van der Waals surface area contributed by atoms with Crippen molar-refractivity contribution in [2.24, 2.45) is 0 Å². The van der Waals surface area contributed by atoms with E-state index in [1.807, 2.05) is 19.1 Å². The number of hydrogen-bond donors (Lipinski definition) is 1. The van der Waals surface area contributed by atoms with Crippen molar-refractivity contribution in [2.75, 3.05) is 0 Å². The van der Waals surface area contributed by atoms with Crippen molar-refractivity contribution in [3.05, 3.63) is 41.0 Å². The Morgan fingerprint density at radius 3 is 2.14 bits per heavy atom. The molecule has 0 aromatic heterocycles. The summed E-state index contributed by atoms with van der Waals surface area (Å²) in [6.07, 6.45) is 13.8. The minimum absolute atomic E-state index is 0.440. The predicted molar refractivity (Wildman–Crippen MR) is 92.9 cm³/mol. The third-order valence-corrected chi connectivity index (χ3v) is 4.10. The van der Waals surface area contributed by atoms with Crippen molar-refractivity contribution >= 4 is 0 Å². The Morgan fingerprint density at radius 2 is 1.62 bits per heavy atom. The van der Waals surface area contributed by atoms with Gasteiger partial charge in [-0.15, -0.1) is 0 Å². The molecule has 0 amide bonds. The minimum atomic E-state index is 0.440. The van der Waals surface area contributed by atoms with Gasteiger partial charge in [-0.2, -0.15) is 0 Å². The van der Waals surface area contributed by atoms with E-state index < -0.39 is 0 Å². The van der Waals surface area contributed by atoms with Gasteiger partial charge in [0.1, 0.15) is 5.75 Å². The predicted octanol–water partition coefficient (Wildman–Crippen LogP) is 6.33. The SMILES string of the molecule is CCCC.Cc1ccc(CC=C2CCCCCC2)c(O)c1. The third-order valence-electron chi connectivity index (χ3n) is 4.10. The molecule has 1 aliphatic carbocycles. The second kappa shape index (κ2) is 10.5. The highest BCUT2D eigenvalue weighted by molar-refractivity contribution is 5.37. The van der Waals surface area contributed by atoms with Crippen LogP contribution in [0.25, 0.3) is 0 Å². The van der Waals surface area contributed by atoms with Gasteiger partial charge in [-0.1, -0.05) is 63.3 Å². The Balaban J connectivity index is 0.000000491. The molecule has 0 heterocycles. The van der Waals surface area contributed by atoms with Crippen LogP contribution < -0.4 is 0 Å². The lowest BCUT2D eigenvalue weighted by molar-refractivity contribution is 0.469. The summed E-state index contributed by atoms with van der Waals surface area (Å²) >= 11 is 0. The molecule has 1 N–H and O–H groups in total. The first-order chi connectivity index (χ1) is 10.2. The smallest absolute Gasteiger partial charge is 0.119 e. The number of benzene rings is 1. The average Bonchev–Trinajstić information content (AvgIpc) is 2.75. The fraction of sp³-hybridized carbons (Fsp3) is 0.600. The summed E-state index contributed by atoms with van der Waals surface area (Å²) in [5.74, 6) is 0.440. The Morgan fingerprint density at radius 1 is 1.00 bits per heavy atom. The van der Waals surface area contributed by atoms with E-state index in [0.717, 1.165) is 17.5 Å². The maximum absolute atomic E-state index is 9.85. The number of allylic oxidation sites excluding steroid dienone is 2. The Bertz CT molecular complexity index is 419. The van der Waals surface area contributed by atoms with Crippen LogP contribution in [0.2, 0.25) is 0 Å². The van der Waals surface area contributed by atoms with E-state index in [2.05, 4.69) is 26.0 Å². The van der Waals surface area contributed by atoms with Crippen molar-refractivity contribution in [1.29, 1.82) is 0 Å². The maximum Gasteiger partial charge on any atom is 0.119 e. The lowest BCUT2D eigenvalue weighted by Gasteiger charge is -2.05. The van der Waals surface area contributed by atoms with E-state index in [1.54, 1.807) is 5.57 Å². The maximum atomic E-state index is 9.85. The van der Waals surface area contributed by atoms with E-state index in [1.165, 1.54) is 51.4 Å². The number of phenols is 1. The molecule has 0 unspecified atom stereocenters. The van der Waals surface area contributed by atoms with Crippen LogP contribution in [0.15, 0.2) is 29.8 Å². The molecule has 1 fully saturated rings. The van der Waals surface area contributed by atoms with Gasteiger partial charge in [-0.25, -0.2) is 0 Å².